The molecule has 5 heteroatoms. The molecule has 0 bridgehead atoms. The first-order valence-electron chi connectivity index (χ1n) is 4.60. The van der Waals surface area contributed by atoms with Crippen LogP contribution in [0, 0.1) is 0 Å². The van der Waals surface area contributed by atoms with Crippen LogP contribution in [-0.2, 0) is 6.42 Å². The summed E-state index contributed by atoms with van der Waals surface area (Å²) in [4.78, 5) is 0. The van der Waals surface area contributed by atoms with Crippen LogP contribution in [0.15, 0.2) is 30.3 Å². The minimum Gasteiger partial charge on any atom is -0.493 e. The minimum atomic E-state index is 0.504. The molecule has 0 aliphatic rings. The Labute approximate surface area is 91.7 Å². The number of hydrogen-bond donors (Lipinski definition) is 1. The molecule has 78 valence electrons. The highest BCUT2D eigenvalue weighted by atomic mass is 32.1. The second kappa shape index (κ2) is 4.75. The normalized spacial score (nSPS) is 10.1. The van der Waals surface area contributed by atoms with Crippen molar-refractivity contribution >= 4 is 16.5 Å². The Bertz CT molecular complexity index is 416. The molecule has 0 aliphatic heterocycles. The summed E-state index contributed by atoms with van der Waals surface area (Å²) in [5.41, 5.74) is 5.47. The van der Waals surface area contributed by atoms with Crippen molar-refractivity contribution in [2.24, 2.45) is 0 Å². The second-order valence-corrected chi connectivity index (χ2v) is 4.04. The van der Waals surface area contributed by atoms with Gasteiger partial charge in [0.25, 0.3) is 0 Å². The van der Waals surface area contributed by atoms with Gasteiger partial charge in [-0.15, -0.1) is 10.2 Å². The fourth-order valence-electron chi connectivity index (χ4n) is 1.14. The Balaban J connectivity index is 1.80. The molecule has 2 rings (SSSR count). The molecule has 2 N–H and O–H groups in total. The Morgan fingerprint density at radius 1 is 1.20 bits per heavy atom. The Morgan fingerprint density at radius 3 is 2.67 bits per heavy atom. The zero-order valence-electron chi connectivity index (χ0n) is 8.09. The first kappa shape index (κ1) is 9.92. The zero-order chi connectivity index (χ0) is 10.5. The van der Waals surface area contributed by atoms with E-state index in [1.807, 2.05) is 30.3 Å². The highest BCUT2D eigenvalue weighted by molar-refractivity contribution is 7.15. The van der Waals surface area contributed by atoms with Gasteiger partial charge in [0.05, 0.1) is 6.61 Å². The molecule has 0 aliphatic carbocycles. The average Bonchev–Trinajstić information content (AvgIpc) is 2.66. The number of benzene rings is 1. The van der Waals surface area contributed by atoms with Crippen LogP contribution < -0.4 is 10.5 Å². The maximum atomic E-state index is 5.52. The number of nitrogens with two attached hydrogens (primary N) is 1. The number of para-hydroxylation sites is 1. The fraction of sp³-hybridized carbons (Fsp3) is 0.200. The number of hydrogen-bond acceptors (Lipinski definition) is 5. The highest BCUT2D eigenvalue weighted by Crippen LogP contribution is 2.13. The summed E-state index contributed by atoms with van der Waals surface area (Å²) >= 11 is 1.40. The van der Waals surface area contributed by atoms with E-state index in [9.17, 15) is 0 Å². The van der Waals surface area contributed by atoms with Crippen molar-refractivity contribution < 1.29 is 4.74 Å². The molecule has 4 nitrogen and oxygen atoms in total. The van der Waals surface area contributed by atoms with Gasteiger partial charge in [0.1, 0.15) is 10.8 Å². The number of nitrogens with zero attached hydrogens (tertiary/aromatic N) is 2. The van der Waals surface area contributed by atoms with E-state index in [0.717, 1.165) is 17.2 Å². The van der Waals surface area contributed by atoms with E-state index in [-0.39, 0.29) is 0 Å². The van der Waals surface area contributed by atoms with E-state index in [1.165, 1.54) is 11.3 Å². The number of aromatic nitrogens is 2. The van der Waals surface area contributed by atoms with Crippen molar-refractivity contribution in [3.05, 3.63) is 35.3 Å². The molecule has 1 aromatic carbocycles. The zero-order valence-corrected chi connectivity index (χ0v) is 8.91. The molecule has 0 unspecified atom stereocenters. The van der Waals surface area contributed by atoms with Gasteiger partial charge < -0.3 is 10.5 Å². The molecular formula is C10H11N3OS. The largest absolute Gasteiger partial charge is 0.493 e. The van der Waals surface area contributed by atoms with E-state index in [2.05, 4.69) is 10.2 Å². The summed E-state index contributed by atoms with van der Waals surface area (Å²) in [7, 11) is 0. The van der Waals surface area contributed by atoms with Gasteiger partial charge in [-0.05, 0) is 12.1 Å². The van der Waals surface area contributed by atoms with Crippen molar-refractivity contribution in [1.82, 2.24) is 10.2 Å². The number of ether oxygens (including phenoxy) is 1. The number of nitrogen functional groups attached to an aromatic ring is 1. The van der Waals surface area contributed by atoms with Crippen molar-refractivity contribution in [3.8, 4) is 5.75 Å². The molecule has 0 saturated heterocycles. The smallest absolute Gasteiger partial charge is 0.203 e. The Kier molecular flexibility index (Phi) is 3.14. The third-order valence-corrected chi connectivity index (χ3v) is 2.62. The van der Waals surface area contributed by atoms with E-state index < -0.39 is 0 Å². The molecule has 0 atom stereocenters. The maximum Gasteiger partial charge on any atom is 0.203 e. The topological polar surface area (TPSA) is 61.0 Å². The van der Waals surface area contributed by atoms with Crippen LogP contribution >= 0.6 is 11.3 Å². The predicted octanol–water partition coefficient (Wildman–Crippen LogP) is 1.74. The van der Waals surface area contributed by atoms with Crippen molar-refractivity contribution in [2.75, 3.05) is 12.3 Å². The molecule has 0 radical (unpaired) electrons. The van der Waals surface area contributed by atoms with Crippen LogP contribution in [0.25, 0.3) is 0 Å². The van der Waals surface area contributed by atoms with Crippen molar-refractivity contribution in [2.45, 2.75) is 6.42 Å². The Morgan fingerprint density at radius 2 is 2.00 bits per heavy atom. The van der Waals surface area contributed by atoms with Crippen LogP contribution in [0.5, 0.6) is 5.75 Å². The maximum absolute atomic E-state index is 5.52. The van der Waals surface area contributed by atoms with E-state index in [0.29, 0.717) is 11.7 Å². The lowest BCUT2D eigenvalue weighted by atomic mass is 10.3. The monoisotopic (exact) mass is 221 g/mol. The molecule has 0 fully saturated rings. The van der Waals surface area contributed by atoms with Crippen LogP contribution in [-0.4, -0.2) is 16.8 Å². The first-order valence-corrected chi connectivity index (χ1v) is 5.42. The minimum absolute atomic E-state index is 0.504. The van der Waals surface area contributed by atoms with Gasteiger partial charge in [-0.3, -0.25) is 0 Å². The average molecular weight is 221 g/mol. The predicted molar refractivity (Wildman–Crippen MR) is 60.0 cm³/mol. The lowest BCUT2D eigenvalue weighted by Crippen LogP contribution is -2.00. The van der Waals surface area contributed by atoms with E-state index >= 15 is 0 Å². The summed E-state index contributed by atoms with van der Waals surface area (Å²) in [6.45, 7) is 0.596. The molecule has 0 saturated carbocycles. The lowest BCUT2D eigenvalue weighted by Gasteiger charge is -2.03. The van der Waals surface area contributed by atoms with Gasteiger partial charge in [0.2, 0.25) is 5.13 Å². The number of anilines is 1. The molecule has 15 heavy (non-hydrogen) atoms. The molecule has 0 spiro atoms. The first-order chi connectivity index (χ1) is 7.34. The quantitative estimate of drug-likeness (QED) is 0.854. The third kappa shape index (κ3) is 2.92. The molecular weight excluding hydrogens is 210 g/mol. The highest BCUT2D eigenvalue weighted by Gasteiger charge is 2.00. The van der Waals surface area contributed by atoms with Gasteiger partial charge in [0.15, 0.2) is 0 Å². The van der Waals surface area contributed by atoms with Crippen molar-refractivity contribution in [1.29, 1.82) is 0 Å². The second-order valence-electron chi connectivity index (χ2n) is 2.95. The van der Waals surface area contributed by atoms with Crippen LogP contribution in [0.3, 0.4) is 0 Å². The van der Waals surface area contributed by atoms with Gasteiger partial charge in [0, 0.05) is 6.42 Å². The third-order valence-electron chi connectivity index (χ3n) is 1.81. The summed E-state index contributed by atoms with van der Waals surface area (Å²) in [5.74, 6) is 0.870. The van der Waals surface area contributed by atoms with Crippen molar-refractivity contribution in [3.63, 3.8) is 0 Å². The van der Waals surface area contributed by atoms with Crippen LogP contribution in [0.4, 0.5) is 5.13 Å². The SMILES string of the molecule is Nc1nnc(CCOc2ccccc2)s1. The van der Waals surface area contributed by atoms with Crippen LogP contribution in [0.1, 0.15) is 5.01 Å². The molecule has 1 aromatic heterocycles. The number of rotatable bonds is 4. The van der Waals surface area contributed by atoms with E-state index in [1.54, 1.807) is 0 Å². The Hall–Kier alpha value is -1.62. The fourth-order valence-corrected chi connectivity index (χ4v) is 1.73. The van der Waals surface area contributed by atoms with Gasteiger partial charge in [-0.25, -0.2) is 0 Å². The molecule has 1 heterocycles. The lowest BCUT2D eigenvalue weighted by molar-refractivity contribution is 0.321. The molecule has 0 amide bonds. The summed E-state index contributed by atoms with van der Waals surface area (Å²) in [5, 5.41) is 9.05. The molecule has 2 aromatic rings. The van der Waals surface area contributed by atoms with Gasteiger partial charge in [-0.1, -0.05) is 29.5 Å². The summed E-state index contributed by atoms with van der Waals surface area (Å²) in [6, 6.07) is 9.69. The van der Waals surface area contributed by atoms with Crippen LogP contribution in [0.2, 0.25) is 0 Å². The van der Waals surface area contributed by atoms with E-state index in [4.69, 9.17) is 10.5 Å². The van der Waals surface area contributed by atoms with Gasteiger partial charge in [-0.2, -0.15) is 0 Å². The van der Waals surface area contributed by atoms with Gasteiger partial charge >= 0.3 is 0 Å². The standard InChI is InChI=1S/C10H11N3OS/c11-10-13-12-9(15-10)6-7-14-8-4-2-1-3-5-8/h1-5H,6-7H2,(H2,11,13). The summed E-state index contributed by atoms with van der Waals surface area (Å²) in [6.07, 6.45) is 0.740. The summed E-state index contributed by atoms with van der Waals surface area (Å²) < 4.78 is 5.52.